The molecule has 0 radical (unpaired) electrons. The van der Waals surface area contributed by atoms with Gasteiger partial charge in [-0.05, 0) is 25.3 Å². The number of hydrogen-bond donors (Lipinski definition) is 0. The molecule has 0 aromatic carbocycles. The van der Waals surface area contributed by atoms with Gasteiger partial charge in [-0.2, -0.15) is 5.10 Å². The second-order valence-electron chi connectivity index (χ2n) is 5.72. The van der Waals surface area contributed by atoms with Crippen molar-refractivity contribution in [3.63, 3.8) is 0 Å². The van der Waals surface area contributed by atoms with Crippen molar-refractivity contribution in [3.8, 4) is 5.75 Å². The number of methoxy groups -OCH3 is 2. The molecular formula is C17H18ClN3O5. The molecule has 2 aromatic rings. The summed E-state index contributed by atoms with van der Waals surface area (Å²) in [4.78, 5) is 28.0. The van der Waals surface area contributed by atoms with E-state index in [0.717, 1.165) is 31.5 Å². The van der Waals surface area contributed by atoms with E-state index in [0.29, 0.717) is 11.3 Å². The monoisotopic (exact) mass is 379 g/mol. The summed E-state index contributed by atoms with van der Waals surface area (Å²) < 4.78 is 17.2. The van der Waals surface area contributed by atoms with E-state index in [1.165, 1.54) is 26.5 Å². The fourth-order valence-electron chi connectivity index (χ4n) is 2.93. The van der Waals surface area contributed by atoms with Crippen molar-refractivity contribution in [3.05, 3.63) is 39.9 Å². The Morgan fingerprint density at radius 1 is 1.23 bits per heavy atom. The summed E-state index contributed by atoms with van der Waals surface area (Å²) in [6, 6.07) is 1.36. The maximum Gasteiger partial charge on any atom is 0.341 e. The van der Waals surface area contributed by atoms with Crippen LogP contribution in [0.2, 0.25) is 5.15 Å². The Morgan fingerprint density at radius 2 is 2.00 bits per heavy atom. The van der Waals surface area contributed by atoms with Gasteiger partial charge in [-0.1, -0.05) is 11.6 Å². The van der Waals surface area contributed by atoms with Crippen molar-refractivity contribution >= 4 is 23.5 Å². The highest BCUT2D eigenvalue weighted by Gasteiger charge is 2.26. The number of aryl methyl sites for hydroxylation is 1. The predicted octanol–water partition coefficient (Wildman–Crippen LogP) is 2.42. The number of esters is 2. The number of ether oxygens (including phenoxy) is 3. The van der Waals surface area contributed by atoms with Crippen LogP contribution in [0.3, 0.4) is 0 Å². The summed E-state index contributed by atoms with van der Waals surface area (Å²) in [5, 5.41) is 4.62. The fourth-order valence-corrected chi connectivity index (χ4v) is 3.09. The van der Waals surface area contributed by atoms with Crippen LogP contribution in [0.15, 0.2) is 12.3 Å². The van der Waals surface area contributed by atoms with Crippen molar-refractivity contribution in [2.75, 3.05) is 14.2 Å². The van der Waals surface area contributed by atoms with E-state index >= 15 is 0 Å². The third-order valence-corrected chi connectivity index (χ3v) is 4.36. The third-order valence-electron chi connectivity index (χ3n) is 4.16. The van der Waals surface area contributed by atoms with E-state index in [9.17, 15) is 9.59 Å². The van der Waals surface area contributed by atoms with Gasteiger partial charge in [0.15, 0.2) is 5.75 Å². The maximum atomic E-state index is 12.2. The minimum absolute atomic E-state index is 0.0161. The molecule has 1 aliphatic heterocycles. The van der Waals surface area contributed by atoms with Gasteiger partial charge in [0.25, 0.3) is 0 Å². The highest BCUT2D eigenvalue weighted by molar-refractivity contribution is 6.29. The Morgan fingerprint density at radius 3 is 2.73 bits per heavy atom. The van der Waals surface area contributed by atoms with E-state index in [1.54, 1.807) is 0 Å². The van der Waals surface area contributed by atoms with Crippen LogP contribution in [0.5, 0.6) is 5.75 Å². The second kappa shape index (κ2) is 7.74. The van der Waals surface area contributed by atoms with Crippen LogP contribution in [0, 0.1) is 0 Å². The van der Waals surface area contributed by atoms with Crippen molar-refractivity contribution in [1.29, 1.82) is 0 Å². The van der Waals surface area contributed by atoms with Crippen LogP contribution >= 0.6 is 11.6 Å². The standard InChI is InChI=1S/C17H18ClN3O5/c1-24-16(22)10-7-14(18)19-8-13(10)26-9-11-15(17(23)25-2)12-5-3-4-6-21(12)20-11/h7-8H,3-6,9H2,1-2H3. The molecule has 0 spiro atoms. The Hall–Kier alpha value is -2.61. The SMILES string of the molecule is COC(=O)c1cc(Cl)ncc1OCc1nn2c(c1C(=O)OC)CCCC2. The van der Waals surface area contributed by atoms with Gasteiger partial charge >= 0.3 is 11.9 Å². The molecule has 0 atom stereocenters. The number of pyridine rings is 1. The number of hydrogen-bond acceptors (Lipinski definition) is 7. The van der Waals surface area contributed by atoms with E-state index in [2.05, 4.69) is 10.1 Å². The molecule has 0 fully saturated rings. The molecule has 8 nitrogen and oxygen atoms in total. The summed E-state index contributed by atoms with van der Waals surface area (Å²) >= 11 is 5.84. The van der Waals surface area contributed by atoms with Gasteiger partial charge in [0, 0.05) is 6.54 Å². The Balaban J connectivity index is 1.90. The average Bonchev–Trinajstić information content (AvgIpc) is 3.04. The Bertz CT molecular complexity index is 849. The highest BCUT2D eigenvalue weighted by Crippen LogP contribution is 2.26. The van der Waals surface area contributed by atoms with Gasteiger partial charge in [-0.25, -0.2) is 14.6 Å². The van der Waals surface area contributed by atoms with Gasteiger partial charge in [-0.3, -0.25) is 4.68 Å². The maximum absolute atomic E-state index is 12.2. The smallest absolute Gasteiger partial charge is 0.341 e. The molecule has 26 heavy (non-hydrogen) atoms. The first-order valence-electron chi connectivity index (χ1n) is 8.08. The molecule has 2 aromatic heterocycles. The largest absolute Gasteiger partial charge is 0.485 e. The molecule has 0 saturated heterocycles. The van der Waals surface area contributed by atoms with E-state index in [1.807, 2.05) is 4.68 Å². The first-order chi connectivity index (χ1) is 12.5. The lowest BCUT2D eigenvalue weighted by molar-refractivity contribution is 0.0583. The molecule has 138 valence electrons. The van der Waals surface area contributed by atoms with E-state index in [4.69, 9.17) is 25.8 Å². The number of fused-ring (bicyclic) bond motifs is 1. The first kappa shape index (κ1) is 18.2. The normalized spacial score (nSPS) is 13.0. The molecule has 0 bridgehead atoms. The minimum atomic E-state index is -0.596. The Labute approximate surface area is 155 Å². The lowest BCUT2D eigenvalue weighted by atomic mass is 10.1. The quantitative estimate of drug-likeness (QED) is 0.581. The number of carbonyl (C=O) groups excluding carboxylic acids is 2. The molecule has 0 unspecified atom stereocenters. The fraction of sp³-hybridized carbons (Fsp3) is 0.412. The van der Waals surface area contributed by atoms with E-state index in [-0.39, 0.29) is 23.1 Å². The van der Waals surface area contributed by atoms with Gasteiger partial charge in [-0.15, -0.1) is 0 Å². The number of halogens is 1. The average molecular weight is 380 g/mol. The molecule has 0 aliphatic carbocycles. The topological polar surface area (TPSA) is 92.5 Å². The molecule has 0 N–H and O–H groups in total. The molecule has 3 rings (SSSR count). The van der Waals surface area contributed by atoms with Gasteiger partial charge in [0.05, 0.1) is 26.1 Å². The zero-order valence-electron chi connectivity index (χ0n) is 14.5. The molecule has 3 heterocycles. The molecule has 0 amide bonds. The summed E-state index contributed by atoms with van der Waals surface area (Å²) in [6.45, 7) is 0.729. The van der Waals surface area contributed by atoms with Gasteiger partial charge < -0.3 is 14.2 Å². The zero-order valence-corrected chi connectivity index (χ0v) is 15.2. The van der Waals surface area contributed by atoms with Gasteiger partial charge in [0.1, 0.15) is 28.6 Å². The number of rotatable bonds is 5. The highest BCUT2D eigenvalue weighted by atomic mass is 35.5. The van der Waals surface area contributed by atoms with Crippen molar-refractivity contribution < 1.29 is 23.8 Å². The van der Waals surface area contributed by atoms with Crippen LogP contribution in [0.25, 0.3) is 0 Å². The van der Waals surface area contributed by atoms with Crippen LogP contribution in [0.4, 0.5) is 0 Å². The lowest BCUT2D eigenvalue weighted by Gasteiger charge is -2.13. The molecule has 9 heteroatoms. The predicted molar refractivity (Wildman–Crippen MR) is 91.4 cm³/mol. The van der Waals surface area contributed by atoms with E-state index < -0.39 is 11.9 Å². The van der Waals surface area contributed by atoms with Crippen LogP contribution in [-0.2, 0) is 29.0 Å². The molecule has 1 aliphatic rings. The molecule has 0 saturated carbocycles. The number of aromatic nitrogens is 3. The van der Waals surface area contributed by atoms with Crippen molar-refractivity contribution in [1.82, 2.24) is 14.8 Å². The van der Waals surface area contributed by atoms with Crippen molar-refractivity contribution in [2.24, 2.45) is 0 Å². The second-order valence-corrected chi connectivity index (χ2v) is 6.11. The van der Waals surface area contributed by atoms with Crippen LogP contribution < -0.4 is 4.74 Å². The third kappa shape index (κ3) is 3.50. The minimum Gasteiger partial charge on any atom is -0.485 e. The lowest BCUT2D eigenvalue weighted by Crippen LogP contribution is -2.14. The van der Waals surface area contributed by atoms with Crippen LogP contribution in [-0.4, -0.2) is 40.9 Å². The Kier molecular flexibility index (Phi) is 5.41. The molecular weight excluding hydrogens is 362 g/mol. The van der Waals surface area contributed by atoms with Crippen molar-refractivity contribution in [2.45, 2.75) is 32.4 Å². The summed E-state index contributed by atoms with van der Waals surface area (Å²) in [6.07, 6.45) is 4.09. The summed E-state index contributed by atoms with van der Waals surface area (Å²) in [5.74, 6) is -0.848. The first-order valence-corrected chi connectivity index (χ1v) is 8.46. The number of nitrogens with zero attached hydrogens (tertiary/aromatic N) is 3. The zero-order chi connectivity index (χ0) is 18.7. The van der Waals surface area contributed by atoms with Crippen LogP contribution in [0.1, 0.15) is 44.9 Å². The summed E-state index contributed by atoms with van der Waals surface area (Å²) in [5.41, 5.74) is 1.88. The van der Waals surface area contributed by atoms with Gasteiger partial charge in [0.2, 0.25) is 0 Å². The number of carbonyl (C=O) groups is 2. The summed E-state index contributed by atoms with van der Waals surface area (Å²) in [7, 11) is 2.59.